The predicted molar refractivity (Wildman–Crippen MR) is 81.0 cm³/mol. The Morgan fingerprint density at radius 1 is 1.05 bits per heavy atom. The molecule has 0 fully saturated rings. The first kappa shape index (κ1) is 12.9. The summed E-state index contributed by atoms with van der Waals surface area (Å²) in [5.41, 5.74) is 1.64. The maximum absolute atomic E-state index is 12.4. The maximum atomic E-state index is 12.4. The molecule has 100 valence electrons. The van der Waals surface area contributed by atoms with Gasteiger partial charge in [-0.2, -0.15) is 0 Å². The molecule has 1 atom stereocenters. The first-order chi connectivity index (χ1) is 9.75. The van der Waals surface area contributed by atoms with Crippen LogP contribution in [0.1, 0.15) is 10.9 Å². The number of nitrogens with zero attached hydrogens (tertiary/aromatic N) is 2. The van der Waals surface area contributed by atoms with Gasteiger partial charge in [-0.25, -0.2) is 4.98 Å². The van der Waals surface area contributed by atoms with Gasteiger partial charge in [0.2, 0.25) is 0 Å². The van der Waals surface area contributed by atoms with Gasteiger partial charge in [0, 0.05) is 6.54 Å². The van der Waals surface area contributed by atoms with Crippen LogP contribution in [0.25, 0.3) is 10.9 Å². The number of halogens is 1. The minimum atomic E-state index is -0.253. The van der Waals surface area contributed by atoms with E-state index < -0.39 is 0 Å². The lowest BCUT2D eigenvalue weighted by Crippen LogP contribution is -2.22. The van der Waals surface area contributed by atoms with Crippen LogP contribution < -0.4 is 5.56 Å². The molecular formula is C16H13ClN2O. The smallest absolute Gasteiger partial charge is 0.261 e. The topological polar surface area (TPSA) is 34.9 Å². The summed E-state index contributed by atoms with van der Waals surface area (Å²) in [5.74, 6) is 0. The van der Waals surface area contributed by atoms with Crippen LogP contribution in [0.3, 0.4) is 0 Å². The molecule has 0 spiro atoms. The number of aromatic nitrogens is 2. The van der Waals surface area contributed by atoms with E-state index in [1.165, 1.54) is 0 Å². The lowest BCUT2D eigenvalue weighted by molar-refractivity contribution is 0.646. The van der Waals surface area contributed by atoms with Crippen molar-refractivity contribution in [1.29, 1.82) is 0 Å². The molecule has 1 unspecified atom stereocenters. The summed E-state index contributed by atoms with van der Waals surface area (Å²) in [7, 11) is 0. The Morgan fingerprint density at radius 3 is 2.55 bits per heavy atom. The second-order valence-corrected chi connectivity index (χ2v) is 5.12. The van der Waals surface area contributed by atoms with Crippen LogP contribution in [0.2, 0.25) is 0 Å². The second-order valence-electron chi connectivity index (χ2n) is 4.60. The summed E-state index contributed by atoms with van der Waals surface area (Å²) in [4.78, 5) is 16.7. The predicted octanol–water partition coefficient (Wildman–Crippen LogP) is 3.38. The van der Waals surface area contributed by atoms with Crippen molar-refractivity contribution in [3.63, 3.8) is 0 Å². The lowest BCUT2D eigenvalue weighted by Gasteiger charge is -2.12. The third kappa shape index (κ3) is 2.45. The highest BCUT2D eigenvalue weighted by Crippen LogP contribution is 2.21. The quantitative estimate of drug-likeness (QED) is 0.691. The maximum Gasteiger partial charge on any atom is 0.261 e. The Balaban J connectivity index is 1.96. The van der Waals surface area contributed by atoms with E-state index in [1.54, 1.807) is 17.0 Å². The van der Waals surface area contributed by atoms with Gasteiger partial charge in [0.15, 0.2) is 0 Å². The van der Waals surface area contributed by atoms with E-state index in [0.29, 0.717) is 17.4 Å². The monoisotopic (exact) mass is 284 g/mol. The zero-order valence-electron chi connectivity index (χ0n) is 10.7. The highest BCUT2D eigenvalue weighted by molar-refractivity contribution is 6.20. The molecule has 20 heavy (non-hydrogen) atoms. The van der Waals surface area contributed by atoms with Crippen LogP contribution in [0.4, 0.5) is 0 Å². The summed E-state index contributed by atoms with van der Waals surface area (Å²) in [5, 5.41) is 0.365. The van der Waals surface area contributed by atoms with Crippen molar-refractivity contribution in [3.05, 3.63) is 76.8 Å². The van der Waals surface area contributed by atoms with E-state index >= 15 is 0 Å². The van der Waals surface area contributed by atoms with Crippen molar-refractivity contribution in [2.45, 2.75) is 11.9 Å². The molecule has 1 heterocycles. The minimum Gasteiger partial charge on any atom is -0.297 e. The molecule has 0 aliphatic rings. The van der Waals surface area contributed by atoms with Crippen LogP contribution in [-0.4, -0.2) is 9.55 Å². The van der Waals surface area contributed by atoms with E-state index in [-0.39, 0.29) is 10.9 Å². The summed E-state index contributed by atoms with van der Waals surface area (Å²) in [6.45, 7) is 0.405. The third-order valence-corrected chi connectivity index (χ3v) is 3.64. The van der Waals surface area contributed by atoms with Crippen molar-refractivity contribution in [2.24, 2.45) is 0 Å². The summed E-state index contributed by atoms with van der Waals surface area (Å²) in [6.07, 6.45) is 1.56. The standard InChI is InChI=1S/C16H13ClN2O/c17-14(12-6-2-1-3-7-12)10-19-11-18-15-9-5-4-8-13(15)16(19)20/h1-9,11,14H,10H2. The molecule has 0 aliphatic heterocycles. The largest absolute Gasteiger partial charge is 0.297 e. The molecule has 0 aliphatic carbocycles. The first-order valence-corrected chi connectivity index (χ1v) is 6.82. The number of rotatable bonds is 3. The lowest BCUT2D eigenvalue weighted by atomic mass is 10.1. The van der Waals surface area contributed by atoms with Gasteiger partial charge in [0.1, 0.15) is 0 Å². The number of alkyl halides is 1. The summed E-state index contributed by atoms with van der Waals surface area (Å²) >= 11 is 6.38. The molecular weight excluding hydrogens is 272 g/mol. The van der Waals surface area contributed by atoms with Crippen molar-refractivity contribution < 1.29 is 0 Å². The highest BCUT2D eigenvalue weighted by Gasteiger charge is 2.10. The van der Waals surface area contributed by atoms with Crippen LogP contribution in [0.15, 0.2) is 65.7 Å². The molecule has 3 aromatic rings. The van der Waals surface area contributed by atoms with E-state index in [9.17, 15) is 4.79 Å². The highest BCUT2D eigenvalue weighted by atomic mass is 35.5. The molecule has 4 heteroatoms. The number of para-hydroxylation sites is 1. The number of hydrogen-bond donors (Lipinski definition) is 0. The van der Waals surface area contributed by atoms with Crippen molar-refractivity contribution in [2.75, 3.05) is 0 Å². The molecule has 0 saturated carbocycles. The van der Waals surface area contributed by atoms with Gasteiger partial charge in [-0.05, 0) is 17.7 Å². The molecule has 3 nitrogen and oxygen atoms in total. The minimum absolute atomic E-state index is 0.0582. The summed E-state index contributed by atoms with van der Waals surface area (Å²) < 4.78 is 1.56. The van der Waals surface area contributed by atoms with Gasteiger partial charge in [0.25, 0.3) is 5.56 Å². The Morgan fingerprint density at radius 2 is 1.75 bits per heavy atom. The van der Waals surface area contributed by atoms with E-state index in [1.807, 2.05) is 48.5 Å². The Kier molecular flexibility index (Phi) is 3.52. The van der Waals surface area contributed by atoms with E-state index in [0.717, 1.165) is 5.56 Å². The zero-order valence-corrected chi connectivity index (χ0v) is 11.5. The van der Waals surface area contributed by atoms with Crippen molar-refractivity contribution >= 4 is 22.5 Å². The van der Waals surface area contributed by atoms with Gasteiger partial charge >= 0.3 is 0 Å². The fourth-order valence-electron chi connectivity index (χ4n) is 2.18. The fourth-order valence-corrected chi connectivity index (χ4v) is 2.47. The third-order valence-electron chi connectivity index (χ3n) is 3.25. The second kappa shape index (κ2) is 5.47. The SMILES string of the molecule is O=c1c2ccccc2ncn1CC(Cl)c1ccccc1. The number of benzene rings is 2. The summed E-state index contributed by atoms with van der Waals surface area (Å²) in [6, 6.07) is 17.0. The van der Waals surface area contributed by atoms with Gasteiger partial charge < -0.3 is 0 Å². The van der Waals surface area contributed by atoms with Crippen molar-refractivity contribution in [1.82, 2.24) is 9.55 Å². The van der Waals surface area contributed by atoms with E-state index in [2.05, 4.69) is 4.98 Å². The molecule has 2 aromatic carbocycles. The normalized spacial score (nSPS) is 12.4. The molecule has 0 N–H and O–H groups in total. The van der Waals surface area contributed by atoms with Crippen LogP contribution in [0.5, 0.6) is 0 Å². The zero-order chi connectivity index (χ0) is 13.9. The molecule has 0 radical (unpaired) electrons. The van der Waals surface area contributed by atoms with Crippen LogP contribution >= 0.6 is 11.6 Å². The first-order valence-electron chi connectivity index (χ1n) is 6.39. The number of hydrogen-bond acceptors (Lipinski definition) is 2. The average molecular weight is 285 g/mol. The number of fused-ring (bicyclic) bond motifs is 1. The average Bonchev–Trinajstić information content (AvgIpc) is 2.51. The van der Waals surface area contributed by atoms with Gasteiger partial charge in [0.05, 0.1) is 22.6 Å². The molecule has 0 bridgehead atoms. The van der Waals surface area contributed by atoms with Crippen molar-refractivity contribution in [3.8, 4) is 0 Å². The Hall–Kier alpha value is -2.13. The van der Waals surface area contributed by atoms with E-state index in [4.69, 9.17) is 11.6 Å². The van der Waals surface area contributed by atoms with Crippen LogP contribution in [-0.2, 0) is 6.54 Å². The Labute approximate surface area is 121 Å². The molecule has 3 rings (SSSR count). The molecule has 1 aromatic heterocycles. The van der Waals surface area contributed by atoms with Gasteiger partial charge in [-0.1, -0.05) is 42.5 Å². The Bertz CT molecular complexity index is 783. The van der Waals surface area contributed by atoms with Gasteiger partial charge in [-0.15, -0.1) is 11.6 Å². The molecule has 0 saturated heterocycles. The molecule has 0 amide bonds. The fraction of sp³-hybridized carbons (Fsp3) is 0.125. The van der Waals surface area contributed by atoms with Gasteiger partial charge in [-0.3, -0.25) is 9.36 Å². The van der Waals surface area contributed by atoms with Crippen LogP contribution in [0, 0.1) is 0 Å².